The lowest BCUT2D eigenvalue weighted by atomic mass is 9.71. The van der Waals surface area contributed by atoms with Crippen LogP contribution in [0.2, 0.25) is 4.34 Å². The maximum atomic E-state index is 6.59. The van der Waals surface area contributed by atoms with Crippen LogP contribution in [0.4, 0.5) is 0 Å². The lowest BCUT2D eigenvalue weighted by Crippen LogP contribution is -2.54. The normalized spacial score (nSPS) is 30.7. The summed E-state index contributed by atoms with van der Waals surface area (Å²) in [5.41, 5.74) is 6.68. The average Bonchev–Trinajstić information content (AvgIpc) is 2.74. The number of likely N-dealkylation sites (N-methyl/N-ethyl adjacent to an activating group) is 1. The van der Waals surface area contributed by atoms with E-state index in [2.05, 4.69) is 32.0 Å². The van der Waals surface area contributed by atoms with E-state index in [0.717, 1.165) is 10.3 Å². The smallest absolute Gasteiger partial charge is 0.0931 e. The molecule has 1 fully saturated rings. The molecule has 0 bridgehead atoms. The van der Waals surface area contributed by atoms with Gasteiger partial charge in [-0.3, -0.25) is 0 Å². The quantitative estimate of drug-likeness (QED) is 0.913. The van der Waals surface area contributed by atoms with Crippen LogP contribution in [-0.2, 0) is 0 Å². The molecule has 2 N–H and O–H groups in total. The predicted molar refractivity (Wildman–Crippen MR) is 80.3 cm³/mol. The van der Waals surface area contributed by atoms with E-state index in [1.807, 2.05) is 6.07 Å². The largest absolute Gasteiger partial charge is 0.322 e. The maximum Gasteiger partial charge on any atom is 0.0931 e. The van der Waals surface area contributed by atoms with Gasteiger partial charge in [0, 0.05) is 10.4 Å². The van der Waals surface area contributed by atoms with Crippen molar-refractivity contribution in [3.8, 4) is 0 Å². The molecule has 0 spiro atoms. The van der Waals surface area contributed by atoms with Gasteiger partial charge in [-0.1, -0.05) is 31.4 Å². The molecule has 1 heterocycles. The number of halogens is 1. The molecule has 2 rings (SSSR count). The molecule has 0 saturated heterocycles. The molecule has 2 nitrogen and oxygen atoms in total. The third-order valence-corrected chi connectivity index (χ3v) is 5.69. The summed E-state index contributed by atoms with van der Waals surface area (Å²) in [4.78, 5) is 3.55. The zero-order chi connectivity index (χ0) is 13.3. The Labute approximate surface area is 119 Å². The van der Waals surface area contributed by atoms with Crippen LogP contribution in [-0.4, -0.2) is 24.5 Å². The van der Waals surface area contributed by atoms with Gasteiger partial charge < -0.3 is 10.6 Å². The summed E-state index contributed by atoms with van der Waals surface area (Å²) in [6.07, 6.45) is 4.96. The number of nitrogens with two attached hydrogens (primary N) is 1. The monoisotopic (exact) mass is 286 g/mol. The van der Waals surface area contributed by atoms with Gasteiger partial charge in [0.15, 0.2) is 0 Å². The van der Waals surface area contributed by atoms with Gasteiger partial charge in [0.1, 0.15) is 0 Å². The minimum atomic E-state index is 0.0627. The number of rotatable bonds is 3. The fourth-order valence-electron chi connectivity index (χ4n) is 3.29. The van der Waals surface area contributed by atoms with E-state index in [9.17, 15) is 0 Å². The van der Waals surface area contributed by atoms with Gasteiger partial charge >= 0.3 is 0 Å². The molecule has 0 aliphatic heterocycles. The Kier molecular flexibility index (Phi) is 4.37. The maximum absolute atomic E-state index is 6.59. The van der Waals surface area contributed by atoms with Crippen LogP contribution in [0.25, 0.3) is 0 Å². The lowest BCUT2D eigenvalue weighted by Gasteiger charge is -2.48. The second-order valence-corrected chi connectivity index (χ2v) is 7.57. The Morgan fingerprint density at radius 1 is 1.50 bits per heavy atom. The van der Waals surface area contributed by atoms with Crippen LogP contribution in [0.5, 0.6) is 0 Å². The molecule has 0 radical (unpaired) electrons. The highest BCUT2D eigenvalue weighted by atomic mass is 35.5. The van der Waals surface area contributed by atoms with Crippen LogP contribution in [0.1, 0.15) is 43.5 Å². The van der Waals surface area contributed by atoms with E-state index in [1.165, 1.54) is 30.6 Å². The van der Waals surface area contributed by atoms with Crippen molar-refractivity contribution in [2.75, 3.05) is 14.1 Å². The van der Waals surface area contributed by atoms with Crippen molar-refractivity contribution in [1.29, 1.82) is 0 Å². The van der Waals surface area contributed by atoms with Gasteiger partial charge in [0.2, 0.25) is 0 Å². The molecule has 1 aliphatic carbocycles. The zero-order valence-electron chi connectivity index (χ0n) is 11.4. The molecule has 4 heteroatoms. The standard InChI is InChI=1S/C14H23ClN2S/c1-10-5-4-8-14(9-10,17(2)3)13(16)11-6-7-12(15)18-11/h6-7,10,13H,4-5,8-9,16H2,1-3H3. The highest BCUT2D eigenvalue weighted by molar-refractivity contribution is 7.16. The van der Waals surface area contributed by atoms with Crippen molar-refractivity contribution in [2.45, 2.75) is 44.2 Å². The van der Waals surface area contributed by atoms with E-state index in [0.29, 0.717) is 0 Å². The van der Waals surface area contributed by atoms with E-state index in [-0.39, 0.29) is 11.6 Å². The summed E-state index contributed by atoms with van der Waals surface area (Å²) in [5, 5.41) is 0. The Bertz CT molecular complexity index is 404. The van der Waals surface area contributed by atoms with Crippen LogP contribution >= 0.6 is 22.9 Å². The summed E-state index contributed by atoms with van der Waals surface area (Å²) >= 11 is 7.67. The molecule has 18 heavy (non-hydrogen) atoms. The van der Waals surface area contributed by atoms with Crippen molar-refractivity contribution < 1.29 is 0 Å². The Morgan fingerprint density at radius 2 is 2.22 bits per heavy atom. The first-order valence-electron chi connectivity index (χ1n) is 6.64. The second kappa shape index (κ2) is 5.49. The van der Waals surface area contributed by atoms with Crippen LogP contribution in [0.15, 0.2) is 12.1 Å². The first-order chi connectivity index (χ1) is 8.45. The molecule has 1 aromatic rings. The van der Waals surface area contributed by atoms with E-state index in [4.69, 9.17) is 17.3 Å². The van der Waals surface area contributed by atoms with Crippen molar-refractivity contribution in [3.05, 3.63) is 21.3 Å². The highest BCUT2D eigenvalue weighted by Crippen LogP contribution is 2.44. The fraction of sp³-hybridized carbons (Fsp3) is 0.714. The molecule has 0 aromatic carbocycles. The molecule has 102 valence electrons. The topological polar surface area (TPSA) is 29.3 Å². The van der Waals surface area contributed by atoms with Crippen molar-refractivity contribution >= 4 is 22.9 Å². The summed E-state index contributed by atoms with van der Waals surface area (Å²) in [5.74, 6) is 0.752. The molecular weight excluding hydrogens is 264 g/mol. The predicted octanol–water partition coefficient (Wildman–Crippen LogP) is 3.91. The Balaban J connectivity index is 2.29. The molecular formula is C14H23ClN2S. The Hall–Kier alpha value is -0.0900. The molecule has 1 aliphatic rings. The third-order valence-electron chi connectivity index (χ3n) is 4.38. The first kappa shape index (κ1) is 14.3. The van der Waals surface area contributed by atoms with E-state index in [1.54, 1.807) is 11.3 Å². The lowest BCUT2D eigenvalue weighted by molar-refractivity contribution is 0.0510. The average molecular weight is 287 g/mol. The van der Waals surface area contributed by atoms with Crippen LogP contribution in [0.3, 0.4) is 0 Å². The van der Waals surface area contributed by atoms with Crippen LogP contribution < -0.4 is 5.73 Å². The summed E-state index contributed by atoms with van der Waals surface area (Å²) in [6, 6.07) is 4.10. The van der Waals surface area contributed by atoms with Gasteiger partial charge in [0.05, 0.1) is 10.4 Å². The van der Waals surface area contributed by atoms with E-state index >= 15 is 0 Å². The number of thiophene rings is 1. The molecule has 3 unspecified atom stereocenters. The number of hydrogen-bond donors (Lipinski definition) is 1. The van der Waals surface area contributed by atoms with Gasteiger partial charge in [-0.2, -0.15) is 0 Å². The highest BCUT2D eigenvalue weighted by Gasteiger charge is 2.43. The molecule has 1 aromatic heterocycles. The zero-order valence-corrected chi connectivity index (χ0v) is 13.0. The minimum absolute atomic E-state index is 0.0627. The Morgan fingerprint density at radius 3 is 2.72 bits per heavy atom. The van der Waals surface area contributed by atoms with E-state index < -0.39 is 0 Å². The second-order valence-electron chi connectivity index (χ2n) is 5.82. The van der Waals surface area contributed by atoms with Gasteiger partial charge in [0.25, 0.3) is 0 Å². The van der Waals surface area contributed by atoms with Gasteiger partial charge in [-0.25, -0.2) is 0 Å². The van der Waals surface area contributed by atoms with Crippen molar-refractivity contribution in [2.24, 2.45) is 11.7 Å². The summed E-state index contributed by atoms with van der Waals surface area (Å²) in [7, 11) is 4.32. The first-order valence-corrected chi connectivity index (χ1v) is 7.83. The molecule has 0 amide bonds. The summed E-state index contributed by atoms with van der Waals surface area (Å²) in [6.45, 7) is 2.34. The van der Waals surface area contributed by atoms with Crippen molar-refractivity contribution in [1.82, 2.24) is 4.90 Å². The SMILES string of the molecule is CC1CCCC(C(N)c2ccc(Cl)s2)(N(C)C)C1. The van der Waals surface area contributed by atoms with Crippen LogP contribution in [0, 0.1) is 5.92 Å². The molecule has 3 atom stereocenters. The van der Waals surface area contributed by atoms with Gasteiger partial charge in [-0.15, -0.1) is 11.3 Å². The minimum Gasteiger partial charge on any atom is -0.322 e. The third kappa shape index (κ3) is 2.60. The molecule has 1 saturated carbocycles. The fourth-order valence-corrected chi connectivity index (χ4v) is 4.47. The summed E-state index contributed by atoms with van der Waals surface area (Å²) < 4.78 is 0.832. The number of hydrogen-bond acceptors (Lipinski definition) is 3. The number of nitrogens with zero attached hydrogens (tertiary/aromatic N) is 1. The van der Waals surface area contributed by atoms with Gasteiger partial charge in [-0.05, 0) is 45.0 Å². The van der Waals surface area contributed by atoms with Crippen molar-refractivity contribution in [3.63, 3.8) is 0 Å².